The van der Waals surface area contributed by atoms with E-state index in [-0.39, 0.29) is 63.3 Å². The van der Waals surface area contributed by atoms with Crippen LogP contribution in [0.15, 0.2) is 83.4 Å². The molecule has 2 fully saturated rings. The second-order valence-corrected chi connectivity index (χ2v) is 12.7. The van der Waals surface area contributed by atoms with E-state index < -0.39 is 41.7 Å². The Hall–Kier alpha value is -3.80. The number of hydrogen-bond acceptors (Lipinski definition) is 7. The van der Waals surface area contributed by atoms with Gasteiger partial charge < -0.3 is 29.7 Å². The van der Waals surface area contributed by atoms with Gasteiger partial charge in [-0.05, 0) is 30.0 Å². The molecule has 0 radical (unpaired) electrons. The number of aliphatic hydroxyl groups excluding tert-OH is 1. The maximum atomic E-state index is 14.7. The molecule has 4 heterocycles. The summed E-state index contributed by atoms with van der Waals surface area (Å²) < 4.78 is 13.2. The Bertz CT molecular complexity index is 1500. The first-order chi connectivity index (χ1) is 21.8. The van der Waals surface area contributed by atoms with Gasteiger partial charge in [-0.3, -0.25) is 19.2 Å². The van der Waals surface area contributed by atoms with Crippen molar-refractivity contribution in [1.29, 1.82) is 0 Å². The second kappa shape index (κ2) is 13.3. The molecule has 3 amide bonds. The first-order valence-corrected chi connectivity index (χ1v) is 16.1. The Morgan fingerprint density at radius 2 is 1.71 bits per heavy atom. The van der Waals surface area contributed by atoms with Crippen LogP contribution in [0, 0.1) is 11.8 Å². The van der Waals surface area contributed by atoms with E-state index in [1.54, 1.807) is 11.0 Å². The molecule has 5 bridgehead atoms. The average molecular weight is 679 g/mol. The van der Waals surface area contributed by atoms with Crippen LogP contribution in [0.1, 0.15) is 36.5 Å². The lowest BCUT2D eigenvalue weighted by atomic mass is 9.74. The number of esters is 1. The van der Waals surface area contributed by atoms with E-state index in [1.807, 2.05) is 72.8 Å². The fraction of sp³-hybridized carbons (Fsp3) is 0.412. The van der Waals surface area contributed by atoms with E-state index in [9.17, 15) is 24.3 Å². The molecule has 4 aliphatic rings. The molecule has 2 N–H and O–H groups in total. The van der Waals surface area contributed by atoms with Crippen molar-refractivity contribution >= 4 is 39.6 Å². The molecule has 0 unspecified atom stereocenters. The maximum absolute atomic E-state index is 14.7. The van der Waals surface area contributed by atoms with Crippen LogP contribution < -0.4 is 5.32 Å². The molecule has 10 nitrogen and oxygen atoms in total. The molecule has 11 heteroatoms. The third-order valence-corrected chi connectivity index (χ3v) is 9.64. The van der Waals surface area contributed by atoms with Crippen LogP contribution in [-0.4, -0.2) is 82.6 Å². The summed E-state index contributed by atoms with van der Waals surface area (Å²) in [5.41, 5.74) is 0.204. The number of amides is 3. The number of allylic oxidation sites excluding steroid dienone is 1. The molecule has 0 aliphatic carbocycles. The van der Waals surface area contributed by atoms with Crippen molar-refractivity contribution in [2.75, 3.05) is 26.2 Å². The first kappa shape index (κ1) is 31.2. The van der Waals surface area contributed by atoms with Crippen LogP contribution in [0.2, 0.25) is 0 Å². The number of hydrogen-bond donors (Lipinski definition) is 2. The zero-order valence-corrected chi connectivity index (χ0v) is 26.3. The second-order valence-electron chi connectivity index (χ2n) is 11.8. The van der Waals surface area contributed by atoms with Gasteiger partial charge in [-0.25, -0.2) is 0 Å². The highest BCUT2D eigenvalue weighted by Gasteiger charge is 2.74. The number of carbonyl (C=O) groups is 4. The van der Waals surface area contributed by atoms with E-state index >= 15 is 0 Å². The summed E-state index contributed by atoms with van der Waals surface area (Å²) in [7, 11) is 0. The zero-order chi connectivity index (χ0) is 31.6. The van der Waals surface area contributed by atoms with E-state index in [2.05, 4.69) is 21.2 Å². The van der Waals surface area contributed by atoms with Crippen molar-refractivity contribution in [1.82, 2.24) is 15.1 Å². The van der Waals surface area contributed by atoms with Crippen molar-refractivity contribution in [2.45, 2.75) is 49.7 Å². The highest BCUT2D eigenvalue weighted by atomic mass is 79.9. The molecule has 236 valence electrons. The number of nitrogens with zero attached hydrogens (tertiary/aromatic N) is 2. The van der Waals surface area contributed by atoms with Crippen molar-refractivity contribution in [2.24, 2.45) is 11.8 Å². The minimum Gasteiger partial charge on any atom is -0.455 e. The number of halogens is 1. The summed E-state index contributed by atoms with van der Waals surface area (Å²) in [4.78, 5) is 58.9. The Kier molecular flexibility index (Phi) is 9.21. The van der Waals surface area contributed by atoms with E-state index in [4.69, 9.17) is 9.47 Å². The van der Waals surface area contributed by atoms with Gasteiger partial charge in [0.05, 0.1) is 12.5 Å². The van der Waals surface area contributed by atoms with Gasteiger partial charge in [-0.15, -0.1) is 0 Å². The van der Waals surface area contributed by atoms with Crippen molar-refractivity contribution in [3.05, 3.63) is 94.5 Å². The van der Waals surface area contributed by atoms with Gasteiger partial charge in [0.2, 0.25) is 17.7 Å². The van der Waals surface area contributed by atoms with Gasteiger partial charge in [-0.2, -0.15) is 0 Å². The molecule has 0 saturated carbocycles. The highest BCUT2D eigenvalue weighted by molar-refractivity contribution is 9.11. The molecule has 0 aromatic heterocycles. The quantitative estimate of drug-likeness (QED) is 0.356. The van der Waals surface area contributed by atoms with Gasteiger partial charge in [0.1, 0.15) is 29.8 Å². The Morgan fingerprint density at radius 1 is 0.978 bits per heavy atom. The molecule has 2 aromatic rings. The summed E-state index contributed by atoms with van der Waals surface area (Å²) in [5.74, 6) is -3.57. The molecular weight excluding hydrogens is 642 g/mol. The Balaban J connectivity index is 1.42. The Labute approximate surface area is 270 Å². The topological polar surface area (TPSA) is 125 Å². The fourth-order valence-electron chi connectivity index (χ4n) is 6.90. The number of aliphatic hydroxyl groups is 1. The lowest BCUT2D eigenvalue weighted by Gasteiger charge is -2.36. The SMILES string of the molecule is O=C1CC/C=C\CN(Cc2ccccc2)C(=O)[C@@H]2N(CCCO)C(=O)[C@H]3[C@H](C(=O)O[C@H](c4ccccc4)CN1)[C@H]1O[C@@]23C=C1Br. The molecule has 2 saturated heterocycles. The lowest BCUT2D eigenvalue weighted by Crippen LogP contribution is -2.55. The van der Waals surface area contributed by atoms with Gasteiger partial charge in [0, 0.05) is 37.1 Å². The number of cyclic esters (lactones) is 1. The van der Waals surface area contributed by atoms with Crippen LogP contribution in [0.5, 0.6) is 0 Å². The maximum Gasteiger partial charge on any atom is 0.313 e. The largest absolute Gasteiger partial charge is 0.455 e. The summed E-state index contributed by atoms with van der Waals surface area (Å²) >= 11 is 3.57. The molecule has 45 heavy (non-hydrogen) atoms. The normalized spacial score (nSPS) is 31.0. The minimum atomic E-state index is -1.40. The summed E-state index contributed by atoms with van der Waals surface area (Å²) in [6.45, 7) is 0.537. The molecule has 6 atom stereocenters. The predicted molar refractivity (Wildman–Crippen MR) is 167 cm³/mol. The van der Waals surface area contributed by atoms with E-state index in [1.165, 1.54) is 4.90 Å². The number of rotatable bonds is 6. The number of carbonyl (C=O) groups excluding carboxylic acids is 4. The first-order valence-electron chi connectivity index (χ1n) is 15.3. The van der Waals surface area contributed by atoms with Crippen LogP contribution >= 0.6 is 15.9 Å². The molecule has 6 rings (SSSR count). The van der Waals surface area contributed by atoms with Crippen molar-refractivity contribution in [3.63, 3.8) is 0 Å². The molecule has 2 aromatic carbocycles. The smallest absolute Gasteiger partial charge is 0.313 e. The van der Waals surface area contributed by atoms with Crippen LogP contribution in [0.4, 0.5) is 0 Å². The van der Waals surface area contributed by atoms with Crippen LogP contribution in [0.3, 0.4) is 0 Å². The minimum absolute atomic E-state index is 0.0614. The molecule has 4 aliphatic heterocycles. The number of benzene rings is 2. The van der Waals surface area contributed by atoms with Gasteiger partial charge >= 0.3 is 5.97 Å². The van der Waals surface area contributed by atoms with Crippen molar-refractivity contribution in [3.8, 4) is 0 Å². The zero-order valence-electron chi connectivity index (χ0n) is 24.7. The van der Waals surface area contributed by atoms with E-state index in [0.29, 0.717) is 16.5 Å². The predicted octanol–water partition coefficient (Wildman–Crippen LogP) is 3.02. The summed E-state index contributed by atoms with van der Waals surface area (Å²) in [5, 5.41) is 12.6. The third kappa shape index (κ3) is 5.96. The number of nitrogens with one attached hydrogen (secondary N) is 1. The molecular formula is C34H36BrN3O7. The van der Waals surface area contributed by atoms with Gasteiger partial charge in [0.15, 0.2) is 0 Å². The Morgan fingerprint density at radius 3 is 2.44 bits per heavy atom. The van der Waals surface area contributed by atoms with Gasteiger partial charge in [0.25, 0.3) is 0 Å². The molecule has 1 spiro atoms. The average Bonchev–Trinajstić information content (AvgIpc) is 3.64. The summed E-state index contributed by atoms with van der Waals surface area (Å²) in [6.07, 6.45) is 4.82. The highest BCUT2D eigenvalue weighted by Crippen LogP contribution is 2.59. The number of likely N-dealkylation sites (tertiary alicyclic amines) is 1. The van der Waals surface area contributed by atoms with Crippen LogP contribution in [-0.2, 0) is 35.2 Å². The third-order valence-electron chi connectivity index (χ3n) is 8.96. The van der Waals surface area contributed by atoms with Crippen molar-refractivity contribution < 1.29 is 33.8 Å². The summed E-state index contributed by atoms with van der Waals surface area (Å²) in [6, 6.07) is 17.6. The number of fused-ring (bicyclic) bond motifs is 2. The fourth-order valence-corrected chi connectivity index (χ4v) is 7.64. The standard InChI is InChI=1S/C34H36BrN3O7/c35-24-19-34-28-27(29(24)45-34)33(43)44-25(23-13-6-2-7-14-23)20-36-26(40)15-8-3-9-16-37(21-22-11-4-1-5-12-22)32(42)30(34)38(31(28)41)17-10-18-39/h1-7,9,11-14,19,25,27-30,39H,8,10,15-18,20-21H2,(H,36,40)/b9-3-/t25-,27-,28+,29-,30-,34+/m0/s1. The van der Waals surface area contributed by atoms with Crippen LogP contribution in [0.25, 0.3) is 0 Å². The van der Waals surface area contributed by atoms with Gasteiger partial charge in [-0.1, -0.05) is 88.7 Å². The van der Waals surface area contributed by atoms with E-state index in [0.717, 1.165) is 5.56 Å². The lowest BCUT2D eigenvalue weighted by molar-refractivity contribution is -0.160. The monoisotopic (exact) mass is 677 g/mol. The number of ether oxygens (including phenoxy) is 2.